The van der Waals surface area contributed by atoms with Crippen molar-refractivity contribution in [3.63, 3.8) is 0 Å². The van der Waals surface area contributed by atoms with Gasteiger partial charge in [0.2, 0.25) is 0 Å². The lowest BCUT2D eigenvalue weighted by Gasteiger charge is -2.01. The molecule has 0 saturated carbocycles. The van der Waals surface area contributed by atoms with Crippen LogP contribution < -0.4 is 0 Å². The molecule has 0 aliphatic carbocycles. The third-order valence-electron chi connectivity index (χ3n) is 1.96. The number of rotatable bonds is 1. The highest BCUT2D eigenvalue weighted by Crippen LogP contribution is 2.30. The van der Waals surface area contributed by atoms with Gasteiger partial charge in [0, 0.05) is 10.6 Å². The number of nitriles is 1. The second kappa shape index (κ2) is 3.93. The Morgan fingerprint density at radius 1 is 1.33 bits per heavy atom. The topological polar surface area (TPSA) is 52.5 Å². The Labute approximate surface area is 96.2 Å². The summed E-state index contributed by atoms with van der Waals surface area (Å²) in [5.41, 5.74) is 1.79. The van der Waals surface area contributed by atoms with Gasteiger partial charge in [-0.3, -0.25) is 5.10 Å². The number of H-pyrrole nitrogens is 1. The number of halogens is 2. The third-order valence-corrected chi connectivity index (χ3v) is 2.51. The molecule has 0 radical (unpaired) electrons. The van der Waals surface area contributed by atoms with Crippen LogP contribution in [-0.2, 0) is 0 Å². The summed E-state index contributed by atoms with van der Waals surface area (Å²) in [7, 11) is 0. The van der Waals surface area contributed by atoms with Crippen molar-refractivity contribution >= 4 is 23.2 Å². The first-order valence-electron chi connectivity index (χ1n) is 4.11. The van der Waals surface area contributed by atoms with Crippen LogP contribution in [0.1, 0.15) is 5.56 Å². The number of hydrogen-bond donors (Lipinski definition) is 1. The maximum atomic E-state index is 8.83. The van der Waals surface area contributed by atoms with Gasteiger partial charge in [0.15, 0.2) is 0 Å². The molecule has 1 N–H and O–H groups in total. The Morgan fingerprint density at radius 3 is 2.80 bits per heavy atom. The highest BCUT2D eigenvalue weighted by Gasteiger charge is 2.10. The number of aromatic nitrogens is 2. The quantitative estimate of drug-likeness (QED) is 0.828. The summed E-state index contributed by atoms with van der Waals surface area (Å²) in [5, 5.41) is 16.4. The van der Waals surface area contributed by atoms with Gasteiger partial charge in [-0.25, -0.2) is 0 Å². The standard InChI is InChI=1S/C10H5Cl2N3/c11-7-1-2-8(9(12)3-7)10-6(4-13)5-14-15-10/h1-3,5H,(H,14,15). The first-order valence-corrected chi connectivity index (χ1v) is 4.87. The van der Waals surface area contributed by atoms with Gasteiger partial charge in [0.1, 0.15) is 6.07 Å². The zero-order chi connectivity index (χ0) is 10.8. The van der Waals surface area contributed by atoms with Crippen molar-refractivity contribution in [1.29, 1.82) is 5.26 Å². The molecule has 0 fully saturated rings. The predicted molar refractivity (Wildman–Crippen MR) is 58.8 cm³/mol. The smallest absolute Gasteiger partial charge is 0.103 e. The number of benzene rings is 1. The van der Waals surface area contributed by atoms with Gasteiger partial charge >= 0.3 is 0 Å². The molecule has 0 amide bonds. The molecule has 0 saturated heterocycles. The largest absolute Gasteiger partial charge is 0.276 e. The lowest BCUT2D eigenvalue weighted by molar-refractivity contribution is 1.10. The second-order valence-electron chi connectivity index (χ2n) is 2.89. The molecular weight excluding hydrogens is 233 g/mol. The van der Waals surface area contributed by atoms with E-state index in [1.807, 2.05) is 6.07 Å². The van der Waals surface area contributed by atoms with Crippen LogP contribution in [0.3, 0.4) is 0 Å². The summed E-state index contributed by atoms with van der Waals surface area (Å²) in [4.78, 5) is 0. The van der Waals surface area contributed by atoms with Crippen molar-refractivity contribution in [3.8, 4) is 17.3 Å². The van der Waals surface area contributed by atoms with E-state index in [1.165, 1.54) is 6.20 Å². The van der Waals surface area contributed by atoms with Crippen LogP contribution in [0.5, 0.6) is 0 Å². The van der Waals surface area contributed by atoms with E-state index in [0.717, 1.165) is 5.56 Å². The van der Waals surface area contributed by atoms with E-state index in [0.29, 0.717) is 21.3 Å². The average molecular weight is 238 g/mol. The molecule has 74 valence electrons. The van der Waals surface area contributed by atoms with E-state index < -0.39 is 0 Å². The van der Waals surface area contributed by atoms with Gasteiger partial charge in [0.25, 0.3) is 0 Å². The minimum atomic E-state index is 0.458. The van der Waals surface area contributed by atoms with Crippen molar-refractivity contribution in [2.75, 3.05) is 0 Å². The van der Waals surface area contributed by atoms with Crippen LogP contribution in [0.25, 0.3) is 11.3 Å². The van der Waals surface area contributed by atoms with Gasteiger partial charge in [0.05, 0.1) is 22.5 Å². The zero-order valence-electron chi connectivity index (χ0n) is 7.46. The Morgan fingerprint density at radius 2 is 2.13 bits per heavy atom. The van der Waals surface area contributed by atoms with Gasteiger partial charge in [-0.2, -0.15) is 10.4 Å². The molecule has 0 atom stereocenters. The summed E-state index contributed by atoms with van der Waals surface area (Å²) in [6.07, 6.45) is 1.46. The number of hydrogen-bond acceptors (Lipinski definition) is 2. The summed E-state index contributed by atoms with van der Waals surface area (Å²) in [6, 6.07) is 7.12. The van der Waals surface area contributed by atoms with Gasteiger partial charge in [-0.15, -0.1) is 0 Å². The molecule has 1 aromatic carbocycles. The normalized spacial score (nSPS) is 9.93. The van der Waals surface area contributed by atoms with E-state index in [9.17, 15) is 0 Å². The minimum Gasteiger partial charge on any atom is -0.276 e. The molecule has 5 heteroatoms. The highest BCUT2D eigenvalue weighted by molar-refractivity contribution is 6.36. The summed E-state index contributed by atoms with van der Waals surface area (Å²) >= 11 is 11.8. The zero-order valence-corrected chi connectivity index (χ0v) is 8.97. The first kappa shape index (κ1) is 10.0. The summed E-state index contributed by atoms with van der Waals surface area (Å²) in [5.74, 6) is 0. The SMILES string of the molecule is N#Cc1cn[nH]c1-c1ccc(Cl)cc1Cl. The lowest BCUT2D eigenvalue weighted by Crippen LogP contribution is -1.83. The van der Waals surface area contributed by atoms with E-state index in [-0.39, 0.29) is 0 Å². The monoisotopic (exact) mass is 237 g/mol. The molecule has 0 spiro atoms. The van der Waals surface area contributed by atoms with Gasteiger partial charge in [-0.05, 0) is 18.2 Å². The minimum absolute atomic E-state index is 0.458. The molecule has 1 aromatic heterocycles. The lowest BCUT2D eigenvalue weighted by atomic mass is 10.1. The fourth-order valence-electron chi connectivity index (χ4n) is 1.27. The summed E-state index contributed by atoms with van der Waals surface area (Å²) in [6.45, 7) is 0. The van der Waals surface area contributed by atoms with E-state index in [4.69, 9.17) is 28.5 Å². The molecule has 2 aromatic rings. The Hall–Kier alpha value is -1.50. The van der Waals surface area contributed by atoms with Crippen LogP contribution in [0.15, 0.2) is 24.4 Å². The van der Waals surface area contributed by atoms with Crippen LogP contribution in [0.2, 0.25) is 10.0 Å². The van der Waals surface area contributed by atoms with Crippen LogP contribution in [-0.4, -0.2) is 10.2 Å². The van der Waals surface area contributed by atoms with Crippen LogP contribution in [0.4, 0.5) is 0 Å². The molecule has 1 heterocycles. The van der Waals surface area contributed by atoms with E-state index in [1.54, 1.807) is 18.2 Å². The molecule has 0 unspecified atom stereocenters. The summed E-state index contributed by atoms with van der Waals surface area (Å²) < 4.78 is 0. The Bertz CT molecular complexity index is 540. The van der Waals surface area contributed by atoms with Crippen molar-refractivity contribution in [3.05, 3.63) is 40.0 Å². The van der Waals surface area contributed by atoms with Gasteiger partial charge < -0.3 is 0 Å². The highest BCUT2D eigenvalue weighted by atomic mass is 35.5. The first-order chi connectivity index (χ1) is 7.22. The Kier molecular flexibility index (Phi) is 2.63. The molecule has 2 rings (SSSR count). The molecule has 3 nitrogen and oxygen atoms in total. The second-order valence-corrected chi connectivity index (χ2v) is 3.74. The van der Waals surface area contributed by atoms with Crippen molar-refractivity contribution in [2.24, 2.45) is 0 Å². The molecule has 15 heavy (non-hydrogen) atoms. The molecular formula is C10H5Cl2N3. The van der Waals surface area contributed by atoms with E-state index in [2.05, 4.69) is 10.2 Å². The average Bonchev–Trinajstić information content (AvgIpc) is 2.65. The predicted octanol–water partition coefficient (Wildman–Crippen LogP) is 3.26. The van der Waals surface area contributed by atoms with Crippen molar-refractivity contribution in [1.82, 2.24) is 10.2 Å². The van der Waals surface area contributed by atoms with Crippen molar-refractivity contribution < 1.29 is 0 Å². The van der Waals surface area contributed by atoms with Crippen LogP contribution in [0, 0.1) is 11.3 Å². The fraction of sp³-hybridized carbons (Fsp3) is 0. The Balaban J connectivity index is 2.60. The maximum absolute atomic E-state index is 8.83. The molecule has 0 aliphatic heterocycles. The number of aromatic amines is 1. The molecule has 0 bridgehead atoms. The molecule has 0 aliphatic rings. The van der Waals surface area contributed by atoms with Crippen molar-refractivity contribution in [2.45, 2.75) is 0 Å². The third kappa shape index (κ3) is 1.82. The maximum Gasteiger partial charge on any atom is 0.103 e. The fourth-order valence-corrected chi connectivity index (χ4v) is 1.77. The number of nitrogens with one attached hydrogen (secondary N) is 1. The van der Waals surface area contributed by atoms with Gasteiger partial charge in [-0.1, -0.05) is 23.2 Å². The van der Waals surface area contributed by atoms with Crippen LogP contribution >= 0.6 is 23.2 Å². The number of nitrogens with zero attached hydrogens (tertiary/aromatic N) is 2. The van der Waals surface area contributed by atoms with E-state index >= 15 is 0 Å².